The number of carbonyl (C=O) groups excluding carboxylic acids is 1. The Hall–Kier alpha value is -2.44. The van der Waals surface area contributed by atoms with E-state index in [4.69, 9.17) is 0 Å². The SMILES string of the molecule is CCNS(=O)(=O)c1ccc(/C=C/C(=O)N(Cc2ccc(C(C)C)cc2)C2CC2)cc1. The predicted octanol–water partition coefficient (Wildman–Crippen LogP) is 4.31. The zero-order chi connectivity index (χ0) is 21.7. The quantitative estimate of drug-likeness (QED) is 0.608. The molecule has 0 unspecified atom stereocenters. The largest absolute Gasteiger partial charge is 0.332 e. The summed E-state index contributed by atoms with van der Waals surface area (Å²) in [6.45, 7) is 7.02. The van der Waals surface area contributed by atoms with Crippen molar-refractivity contribution in [3.8, 4) is 0 Å². The molecule has 0 atom stereocenters. The number of amides is 1. The van der Waals surface area contributed by atoms with Crippen molar-refractivity contribution in [3.05, 3.63) is 71.3 Å². The Morgan fingerprint density at radius 3 is 2.27 bits per heavy atom. The van der Waals surface area contributed by atoms with E-state index in [0.717, 1.165) is 24.0 Å². The Morgan fingerprint density at radius 1 is 1.10 bits per heavy atom. The molecule has 1 N–H and O–H groups in total. The first-order valence-corrected chi connectivity index (χ1v) is 12.0. The summed E-state index contributed by atoms with van der Waals surface area (Å²) < 4.78 is 26.5. The van der Waals surface area contributed by atoms with Gasteiger partial charge in [-0.15, -0.1) is 0 Å². The van der Waals surface area contributed by atoms with Gasteiger partial charge in [-0.1, -0.05) is 57.2 Å². The van der Waals surface area contributed by atoms with E-state index in [-0.39, 0.29) is 10.8 Å². The summed E-state index contributed by atoms with van der Waals surface area (Å²) in [6, 6.07) is 15.3. The molecule has 2 aromatic rings. The van der Waals surface area contributed by atoms with E-state index in [1.165, 1.54) is 5.56 Å². The highest BCUT2D eigenvalue weighted by atomic mass is 32.2. The summed E-state index contributed by atoms with van der Waals surface area (Å²) in [5.74, 6) is 0.470. The minimum atomic E-state index is -3.47. The van der Waals surface area contributed by atoms with Crippen molar-refractivity contribution in [3.63, 3.8) is 0 Å². The van der Waals surface area contributed by atoms with Gasteiger partial charge in [0.2, 0.25) is 15.9 Å². The third-order valence-corrected chi connectivity index (χ3v) is 6.77. The van der Waals surface area contributed by atoms with Crippen LogP contribution in [0.5, 0.6) is 0 Å². The van der Waals surface area contributed by atoms with Crippen molar-refractivity contribution >= 4 is 22.0 Å². The average Bonchev–Trinajstić information content (AvgIpc) is 3.56. The smallest absolute Gasteiger partial charge is 0.247 e. The molecule has 0 radical (unpaired) electrons. The van der Waals surface area contributed by atoms with Crippen LogP contribution >= 0.6 is 0 Å². The second-order valence-corrected chi connectivity index (χ2v) is 9.76. The van der Waals surface area contributed by atoms with Crippen molar-refractivity contribution in [2.75, 3.05) is 6.54 Å². The molecule has 3 rings (SSSR count). The summed E-state index contributed by atoms with van der Waals surface area (Å²) in [5.41, 5.74) is 3.21. The second kappa shape index (κ2) is 9.58. The molecule has 1 aliphatic carbocycles. The average molecular weight is 427 g/mol. The first-order valence-electron chi connectivity index (χ1n) is 10.5. The molecule has 0 aliphatic heterocycles. The molecular weight excluding hydrogens is 396 g/mol. The highest BCUT2D eigenvalue weighted by Crippen LogP contribution is 2.29. The summed E-state index contributed by atoms with van der Waals surface area (Å²) in [7, 11) is -3.47. The Bertz CT molecular complexity index is 990. The first-order chi connectivity index (χ1) is 14.3. The van der Waals surface area contributed by atoms with Crippen LogP contribution in [-0.4, -0.2) is 31.8 Å². The topological polar surface area (TPSA) is 66.5 Å². The standard InChI is InChI=1S/C24H30N2O3S/c1-4-25-30(28,29)23-14-7-19(8-15-23)9-16-24(27)26(22-12-13-22)17-20-5-10-21(11-6-20)18(2)3/h5-11,14-16,18,22,25H,4,12-13,17H2,1-3H3/b16-9+. The number of benzene rings is 2. The van der Waals surface area contributed by atoms with Crippen LogP contribution in [0.15, 0.2) is 59.5 Å². The second-order valence-electron chi connectivity index (χ2n) is 8.00. The van der Waals surface area contributed by atoms with E-state index in [1.807, 2.05) is 4.90 Å². The van der Waals surface area contributed by atoms with Gasteiger partial charge in [0.1, 0.15) is 0 Å². The molecule has 0 heterocycles. The molecular formula is C24H30N2O3S. The highest BCUT2D eigenvalue weighted by molar-refractivity contribution is 7.89. The van der Waals surface area contributed by atoms with Crippen molar-refractivity contribution in [2.45, 2.75) is 57.0 Å². The van der Waals surface area contributed by atoms with Crippen LogP contribution in [-0.2, 0) is 21.4 Å². The third kappa shape index (κ3) is 5.80. The highest BCUT2D eigenvalue weighted by Gasteiger charge is 2.31. The molecule has 0 spiro atoms. The lowest BCUT2D eigenvalue weighted by molar-refractivity contribution is -0.127. The Balaban J connectivity index is 1.67. The third-order valence-electron chi connectivity index (χ3n) is 5.21. The van der Waals surface area contributed by atoms with E-state index in [1.54, 1.807) is 43.3 Å². The summed E-state index contributed by atoms with van der Waals surface area (Å²) >= 11 is 0. The number of rotatable bonds is 9. The fourth-order valence-corrected chi connectivity index (χ4v) is 4.31. The number of sulfonamides is 1. The van der Waals surface area contributed by atoms with Crippen molar-refractivity contribution in [2.24, 2.45) is 0 Å². The van der Waals surface area contributed by atoms with Gasteiger partial charge < -0.3 is 4.90 Å². The lowest BCUT2D eigenvalue weighted by atomic mass is 10.0. The van der Waals surface area contributed by atoms with E-state index in [9.17, 15) is 13.2 Å². The lowest BCUT2D eigenvalue weighted by Crippen LogP contribution is -2.31. The van der Waals surface area contributed by atoms with E-state index in [0.29, 0.717) is 25.0 Å². The fraction of sp³-hybridized carbons (Fsp3) is 0.375. The first kappa shape index (κ1) is 22.2. The number of hydrogen-bond acceptors (Lipinski definition) is 3. The van der Waals surface area contributed by atoms with Crippen LogP contribution in [0.4, 0.5) is 0 Å². The fourth-order valence-electron chi connectivity index (χ4n) is 3.27. The molecule has 0 saturated heterocycles. The van der Waals surface area contributed by atoms with Gasteiger partial charge in [0.05, 0.1) is 4.90 Å². The minimum absolute atomic E-state index is 0.0187. The van der Waals surface area contributed by atoms with Crippen LogP contribution in [0, 0.1) is 0 Å². The number of nitrogens with zero attached hydrogens (tertiary/aromatic N) is 1. The summed E-state index contributed by atoms with van der Waals surface area (Å²) in [5, 5.41) is 0. The van der Waals surface area contributed by atoms with Gasteiger partial charge in [0, 0.05) is 25.2 Å². The molecule has 1 saturated carbocycles. The summed E-state index contributed by atoms with van der Waals surface area (Å²) in [6.07, 6.45) is 5.40. The Morgan fingerprint density at radius 2 is 1.73 bits per heavy atom. The normalized spacial score (nSPS) is 14.4. The maximum atomic E-state index is 12.8. The molecule has 2 aromatic carbocycles. The summed E-state index contributed by atoms with van der Waals surface area (Å²) in [4.78, 5) is 15.0. The molecule has 0 bridgehead atoms. The van der Waals surface area contributed by atoms with Crippen LogP contribution in [0.1, 0.15) is 56.2 Å². The van der Waals surface area contributed by atoms with Gasteiger partial charge in [-0.2, -0.15) is 0 Å². The predicted molar refractivity (Wildman–Crippen MR) is 120 cm³/mol. The molecule has 0 aromatic heterocycles. The van der Waals surface area contributed by atoms with Crippen LogP contribution in [0.2, 0.25) is 0 Å². The Kier molecular flexibility index (Phi) is 7.10. The molecule has 1 amide bonds. The number of hydrogen-bond donors (Lipinski definition) is 1. The van der Waals surface area contributed by atoms with Crippen molar-refractivity contribution in [1.82, 2.24) is 9.62 Å². The van der Waals surface area contributed by atoms with Crippen molar-refractivity contribution < 1.29 is 13.2 Å². The molecule has 30 heavy (non-hydrogen) atoms. The van der Waals surface area contributed by atoms with Gasteiger partial charge in [-0.3, -0.25) is 4.79 Å². The van der Waals surface area contributed by atoms with Gasteiger partial charge >= 0.3 is 0 Å². The van der Waals surface area contributed by atoms with Crippen molar-refractivity contribution in [1.29, 1.82) is 0 Å². The van der Waals surface area contributed by atoms with E-state index in [2.05, 4.69) is 42.8 Å². The maximum absolute atomic E-state index is 12.8. The van der Waals surface area contributed by atoms with E-state index < -0.39 is 10.0 Å². The molecule has 1 fully saturated rings. The van der Waals surface area contributed by atoms with Gasteiger partial charge in [0.15, 0.2) is 0 Å². The minimum Gasteiger partial charge on any atom is -0.332 e. The Labute approximate surface area is 179 Å². The number of nitrogens with one attached hydrogen (secondary N) is 1. The lowest BCUT2D eigenvalue weighted by Gasteiger charge is -2.21. The molecule has 5 nitrogen and oxygen atoms in total. The molecule has 6 heteroatoms. The van der Waals surface area contributed by atoms with E-state index >= 15 is 0 Å². The maximum Gasteiger partial charge on any atom is 0.247 e. The number of carbonyl (C=O) groups is 1. The molecule has 160 valence electrons. The monoisotopic (exact) mass is 426 g/mol. The van der Waals surface area contributed by atoms with Crippen LogP contribution < -0.4 is 4.72 Å². The van der Waals surface area contributed by atoms with Gasteiger partial charge in [-0.25, -0.2) is 13.1 Å². The van der Waals surface area contributed by atoms with Gasteiger partial charge in [0.25, 0.3) is 0 Å². The van der Waals surface area contributed by atoms with Crippen LogP contribution in [0.3, 0.4) is 0 Å². The van der Waals surface area contributed by atoms with Crippen LogP contribution in [0.25, 0.3) is 6.08 Å². The molecule has 1 aliphatic rings. The van der Waals surface area contributed by atoms with Gasteiger partial charge in [-0.05, 0) is 53.7 Å². The zero-order valence-corrected chi connectivity index (χ0v) is 18.7. The zero-order valence-electron chi connectivity index (χ0n) is 17.8.